The fourth-order valence-electron chi connectivity index (χ4n) is 0.686. The lowest BCUT2D eigenvalue weighted by Crippen LogP contribution is -2.13. The Hall–Kier alpha value is 0.700. The Morgan fingerprint density at radius 3 is 3.17 bits per heavy atom. The summed E-state index contributed by atoms with van der Waals surface area (Å²) in [6.07, 6.45) is 7.41. The van der Waals surface area contributed by atoms with Crippen molar-refractivity contribution >= 4 is 63.1 Å². The first-order valence-electron chi connectivity index (χ1n) is 3.27. The van der Waals surface area contributed by atoms with Crippen molar-refractivity contribution in [3.05, 3.63) is 21.9 Å². The van der Waals surface area contributed by atoms with Crippen molar-refractivity contribution in [3.63, 3.8) is 0 Å². The molecule has 1 aliphatic heterocycles. The molecule has 0 aromatic rings. The molecule has 0 aliphatic carbocycles. The maximum absolute atomic E-state index is 6.15. The third kappa shape index (κ3) is 4.08. The van der Waals surface area contributed by atoms with Crippen molar-refractivity contribution in [2.45, 2.75) is 2.88 Å². The normalized spacial score (nSPS) is 36.8. The molecule has 2 nitrogen and oxygen atoms in total. The van der Waals surface area contributed by atoms with Crippen LogP contribution in [0.1, 0.15) is 0 Å². The van der Waals surface area contributed by atoms with E-state index in [1.165, 1.54) is 0 Å². The van der Waals surface area contributed by atoms with Gasteiger partial charge in [0.2, 0.25) is 0 Å². The number of hydrogen-bond donors (Lipinski definition) is 1. The summed E-state index contributed by atoms with van der Waals surface area (Å²) in [6.45, 7) is 0.580. The van der Waals surface area contributed by atoms with Crippen LogP contribution >= 0.6 is 56.8 Å². The van der Waals surface area contributed by atoms with Gasteiger partial charge in [-0.05, 0) is 34.7 Å². The molecule has 1 N–H and O–H groups in total. The number of nitrogens with zero attached hydrogens (tertiary/aromatic N) is 1. The predicted molar refractivity (Wildman–Crippen MR) is 70.3 cm³/mol. The Labute approximate surface area is 104 Å². The topological polar surface area (TPSA) is 24.4 Å². The zero-order valence-electron chi connectivity index (χ0n) is 6.10. The van der Waals surface area contributed by atoms with Crippen molar-refractivity contribution in [3.8, 4) is 0 Å². The number of alkyl halides is 2. The van der Waals surface area contributed by atoms with E-state index in [-0.39, 0.29) is 0 Å². The number of rotatable bonds is 0. The fraction of sp³-hybridized carbons (Fsp3) is 0.286. The molecule has 0 saturated heterocycles. The lowest BCUT2D eigenvalue weighted by molar-refractivity contribution is 0.988. The summed E-state index contributed by atoms with van der Waals surface area (Å²) in [4.78, 5) is 4.10. The van der Waals surface area contributed by atoms with Gasteiger partial charge in [-0.2, -0.15) is 0 Å². The molecule has 12 heavy (non-hydrogen) atoms. The Kier molecular flexibility index (Phi) is 4.31. The summed E-state index contributed by atoms with van der Waals surface area (Å²) in [5.74, 6) is 0. The maximum Gasteiger partial charge on any atom is 0.134 e. The second-order valence-electron chi connectivity index (χ2n) is 2.26. The molecule has 0 aromatic heterocycles. The molecule has 0 spiro atoms. The fourth-order valence-corrected chi connectivity index (χ4v) is 2.90. The van der Waals surface area contributed by atoms with Crippen molar-refractivity contribution in [1.82, 2.24) is 5.32 Å². The van der Waals surface area contributed by atoms with E-state index in [1.807, 2.05) is 18.4 Å². The van der Waals surface area contributed by atoms with Crippen molar-refractivity contribution < 1.29 is 0 Å². The summed E-state index contributed by atoms with van der Waals surface area (Å²) in [6, 6.07) is 0. The Morgan fingerprint density at radius 2 is 2.42 bits per heavy atom. The summed E-state index contributed by atoms with van der Waals surface area (Å²) < 4.78 is 0.705. The van der Waals surface area contributed by atoms with Crippen LogP contribution in [0.4, 0.5) is 0 Å². The average Bonchev–Trinajstić information content (AvgIpc) is 1.99. The van der Waals surface area contributed by atoms with Crippen LogP contribution in [0.5, 0.6) is 0 Å². The van der Waals surface area contributed by atoms with E-state index in [4.69, 9.17) is 11.6 Å². The number of hydrogen-bond acceptors (Lipinski definition) is 2. The minimum absolute atomic E-state index is 0.402. The molecule has 5 heteroatoms. The summed E-state index contributed by atoms with van der Waals surface area (Å²) >= 11 is 10.6. The number of aliphatic imine (C=N–C) groups is 1. The number of nitrogens with one attached hydrogen (secondary N) is 1. The van der Waals surface area contributed by atoms with E-state index >= 15 is 0 Å². The summed E-state index contributed by atoms with van der Waals surface area (Å²) in [7, 11) is 0. The minimum atomic E-state index is -0.402. The van der Waals surface area contributed by atoms with E-state index in [0.29, 0.717) is 6.54 Å². The first-order chi connectivity index (χ1) is 5.60. The van der Waals surface area contributed by atoms with Gasteiger partial charge in [0.1, 0.15) is 2.88 Å². The number of halogens is 3. The molecule has 1 unspecified atom stereocenters. The lowest BCUT2D eigenvalue weighted by atomic mass is 10.3. The molecular weight excluding hydrogens is 401 g/mol. The largest absolute Gasteiger partial charge is 0.353 e. The van der Waals surface area contributed by atoms with Crippen LogP contribution in [0.2, 0.25) is 0 Å². The average molecular weight is 408 g/mol. The van der Waals surface area contributed by atoms with Crippen LogP contribution < -0.4 is 5.32 Å². The van der Waals surface area contributed by atoms with E-state index < -0.39 is 2.88 Å². The molecule has 0 radical (unpaired) electrons. The molecule has 0 fully saturated rings. The third-order valence-corrected chi connectivity index (χ3v) is 2.71. The molecule has 0 bridgehead atoms. The second kappa shape index (κ2) is 4.80. The van der Waals surface area contributed by atoms with Gasteiger partial charge in [-0.3, -0.25) is 4.99 Å². The maximum atomic E-state index is 6.15. The van der Waals surface area contributed by atoms with Gasteiger partial charge in [0.15, 0.2) is 0 Å². The molecule has 0 aromatic carbocycles. The monoisotopic (exact) mass is 408 g/mol. The van der Waals surface area contributed by atoms with Crippen LogP contribution in [-0.2, 0) is 0 Å². The predicted octanol–water partition coefficient (Wildman–Crippen LogP) is 2.82. The highest BCUT2D eigenvalue weighted by Crippen LogP contribution is 2.29. The van der Waals surface area contributed by atoms with Crippen LogP contribution in [0, 0.1) is 0 Å². The molecule has 0 amide bonds. The molecule has 1 aliphatic rings. The van der Waals surface area contributed by atoms with Crippen molar-refractivity contribution in [1.29, 1.82) is 0 Å². The standard InChI is InChI=1S/C7H7ClI2N2/c8-7(10)3-6(9)1-2-11-5-12-4-7/h1-3,5H,4H2,(H,11,12)/b2-1-,6-3-. The summed E-state index contributed by atoms with van der Waals surface area (Å²) in [5, 5.41) is 2.92. The van der Waals surface area contributed by atoms with Crippen LogP contribution in [0.3, 0.4) is 0 Å². The van der Waals surface area contributed by atoms with Gasteiger partial charge in [0.05, 0.1) is 12.9 Å². The van der Waals surface area contributed by atoms with Gasteiger partial charge in [0, 0.05) is 9.78 Å². The van der Waals surface area contributed by atoms with E-state index in [1.54, 1.807) is 6.34 Å². The Bertz CT molecular complexity index is 246. The van der Waals surface area contributed by atoms with Gasteiger partial charge < -0.3 is 5.32 Å². The quantitative estimate of drug-likeness (QED) is 0.484. The smallest absolute Gasteiger partial charge is 0.134 e. The summed E-state index contributed by atoms with van der Waals surface area (Å²) in [5.41, 5.74) is 0. The van der Waals surface area contributed by atoms with Crippen molar-refractivity contribution in [2.75, 3.05) is 6.54 Å². The first-order valence-corrected chi connectivity index (χ1v) is 5.81. The number of allylic oxidation sites excluding steroid dienone is 2. The molecule has 1 atom stereocenters. The lowest BCUT2D eigenvalue weighted by Gasteiger charge is -2.11. The molecule has 66 valence electrons. The first kappa shape index (κ1) is 10.8. The van der Waals surface area contributed by atoms with E-state index in [9.17, 15) is 0 Å². The van der Waals surface area contributed by atoms with Crippen LogP contribution in [-0.4, -0.2) is 15.8 Å². The van der Waals surface area contributed by atoms with E-state index in [0.717, 1.165) is 3.58 Å². The van der Waals surface area contributed by atoms with Crippen LogP contribution in [0.25, 0.3) is 0 Å². The van der Waals surface area contributed by atoms with Crippen molar-refractivity contribution in [2.24, 2.45) is 4.99 Å². The molecule has 1 rings (SSSR count). The van der Waals surface area contributed by atoms with E-state index in [2.05, 4.69) is 55.5 Å². The van der Waals surface area contributed by atoms with Crippen LogP contribution in [0.15, 0.2) is 26.9 Å². The minimum Gasteiger partial charge on any atom is -0.353 e. The molecule has 1 heterocycles. The van der Waals surface area contributed by atoms with Gasteiger partial charge in [0.25, 0.3) is 0 Å². The highest BCUT2D eigenvalue weighted by atomic mass is 127. The van der Waals surface area contributed by atoms with Gasteiger partial charge >= 0.3 is 0 Å². The zero-order chi connectivity index (χ0) is 9.03. The van der Waals surface area contributed by atoms with Gasteiger partial charge in [-0.1, -0.05) is 22.6 Å². The highest BCUT2D eigenvalue weighted by Gasteiger charge is 2.19. The zero-order valence-corrected chi connectivity index (χ0v) is 11.2. The SMILES string of the molecule is ClC1(I)/C=C(I)/C=C\NC=NC1. The van der Waals surface area contributed by atoms with Gasteiger partial charge in [-0.15, -0.1) is 11.6 Å². The molecule has 0 saturated carbocycles. The Morgan fingerprint density at radius 1 is 1.67 bits per heavy atom. The Balaban J connectivity index is 2.84. The third-order valence-electron chi connectivity index (χ3n) is 1.16. The highest BCUT2D eigenvalue weighted by molar-refractivity contribution is 14.1. The van der Waals surface area contributed by atoms with Gasteiger partial charge in [-0.25, -0.2) is 0 Å². The molecular formula is C7H7ClI2N2. The second-order valence-corrected chi connectivity index (χ2v) is 6.74.